The molecule has 0 saturated carbocycles. The lowest BCUT2D eigenvalue weighted by Crippen LogP contribution is -2.46. The number of pyridine rings is 1. The van der Waals surface area contributed by atoms with Gasteiger partial charge in [-0.1, -0.05) is 0 Å². The summed E-state index contributed by atoms with van der Waals surface area (Å²) in [7, 11) is 1.85. The first-order valence-electron chi connectivity index (χ1n) is 8.37. The van der Waals surface area contributed by atoms with Crippen LogP contribution in [0.15, 0.2) is 30.9 Å². The summed E-state index contributed by atoms with van der Waals surface area (Å²) >= 11 is 0. The van der Waals surface area contributed by atoms with Crippen molar-refractivity contribution < 1.29 is 4.39 Å². The molecule has 1 aliphatic heterocycles. The van der Waals surface area contributed by atoms with Gasteiger partial charge in [-0.2, -0.15) is 5.10 Å². The van der Waals surface area contributed by atoms with Gasteiger partial charge in [-0.05, 0) is 25.5 Å². The predicted octanol–water partition coefficient (Wildman–Crippen LogP) is 1.93. The zero-order chi connectivity index (χ0) is 17.3. The quantitative estimate of drug-likeness (QED) is 0.755. The Labute approximate surface area is 144 Å². The summed E-state index contributed by atoms with van der Waals surface area (Å²) in [5.74, 6) is 0.548. The SMILES string of the molecule is Cn1cc(-c2cc3nccnc3c(NC[C@]3(F)CCCNC3)n2)cn1. The highest BCUT2D eigenvalue weighted by Crippen LogP contribution is 2.27. The van der Waals surface area contributed by atoms with Crippen molar-refractivity contribution in [3.05, 3.63) is 30.9 Å². The number of aryl methyl sites for hydroxylation is 1. The fraction of sp³-hybridized carbons (Fsp3) is 0.412. The Kier molecular flexibility index (Phi) is 4.04. The van der Waals surface area contributed by atoms with Crippen molar-refractivity contribution in [2.45, 2.75) is 18.5 Å². The number of rotatable bonds is 4. The van der Waals surface area contributed by atoms with E-state index in [0.717, 1.165) is 24.2 Å². The summed E-state index contributed by atoms with van der Waals surface area (Å²) in [6.07, 6.45) is 8.26. The van der Waals surface area contributed by atoms with Crippen molar-refractivity contribution in [1.82, 2.24) is 30.0 Å². The van der Waals surface area contributed by atoms with Crippen molar-refractivity contribution in [2.75, 3.05) is 25.0 Å². The van der Waals surface area contributed by atoms with E-state index in [2.05, 4.69) is 30.7 Å². The van der Waals surface area contributed by atoms with Crippen LogP contribution in [0.3, 0.4) is 0 Å². The molecule has 7 nitrogen and oxygen atoms in total. The molecule has 4 heterocycles. The topological polar surface area (TPSA) is 80.5 Å². The van der Waals surface area contributed by atoms with Gasteiger partial charge in [0.15, 0.2) is 5.82 Å². The molecule has 0 amide bonds. The van der Waals surface area contributed by atoms with Gasteiger partial charge in [-0.3, -0.25) is 9.67 Å². The monoisotopic (exact) mass is 341 g/mol. The number of aromatic nitrogens is 5. The molecule has 0 bridgehead atoms. The van der Waals surface area contributed by atoms with Gasteiger partial charge in [-0.25, -0.2) is 14.4 Å². The van der Waals surface area contributed by atoms with E-state index in [4.69, 9.17) is 0 Å². The first-order valence-corrected chi connectivity index (χ1v) is 8.37. The molecule has 0 unspecified atom stereocenters. The summed E-state index contributed by atoms with van der Waals surface area (Å²) in [5.41, 5.74) is 1.69. The van der Waals surface area contributed by atoms with Crippen LogP contribution in [0.25, 0.3) is 22.3 Å². The molecule has 130 valence electrons. The molecule has 1 fully saturated rings. The van der Waals surface area contributed by atoms with E-state index in [1.54, 1.807) is 23.3 Å². The van der Waals surface area contributed by atoms with E-state index in [9.17, 15) is 4.39 Å². The van der Waals surface area contributed by atoms with Crippen LogP contribution < -0.4 is 10.6 Å². The van der Waals surface area contributed by atoms with Gasteiger partial charge in [0.25, 0.3) is 0 Å². The maximum absolute atomic E-state index is 14.9. The molecular formula is C17H20FN7. The maximum Gasteiger partial charge on any atom is 0.155 e. The Balaban J connectivity index is 1.68. The van der Waals surface area contributed by atoms with Crippen molar-refractivity contribution >= 4 is 16.9 Å². The van der Waals surface area contributed by atoms with Gasteiger partial charge < -0.3 is 10.6 Å². The lowest BCUT2D eigenvalue weighted by atomic mass is 9.96. The molecule has 4 rings (SSSR count). The van der Waals surface area contributed by atoms with Crippen LogP contribution in [0.4, 0.5) is 10.2 Å². The first kappa shape index (κ1) is 15.9. The molecule has 3 aromatic rings. The lowest BCUT2D eigenvalue weighted by molar-refractivity contribution is 0.137. The van der Waals surface area contributed by atoms with Crippen LogP contribution in [0.1, 0.15) is 12.8 Å². The highest BCUT2D eigenvalue weighted by Gasteiger charge is 2.31. The normalized spacial score (nSPS) is 20.7. The molecule has 8 heteroatoms. The Bertz CT molecular complexity index is 886. The molecule has 0 spiro atoms. The molecule has 3 aromatic heterocycles. The summed E-state index contributed by atoms with van der Waals surface area (Å²) < 4.78 is 16.6. The van der Waals surface area contributed by atoms with E-state index in [-0.39, 0.29) is 6.54 Å². The Morgan fingerprint density at radius 3 is 3.00 bits per heavy atom. The predicted molar refractivity (Wildman–Crippen MR) is 94.0 cm³/mol. The van der Waals surface area contributed by atoms with Gasteiger partial charge in [0, 0.05) is 37.7 Å². The number of nitrogens with one attached hydrogen (secondary N) is 2. The molecule has 0 aliphatic carbocycles. The van der Waals surface area contributed by atoms with Crippen LogP contribution in [0, 0.1) is 0 Å². The number of alkyl halides is 1. The summed E-state index contributed by atoms with van der Waals surface area (Å²) in [5, 5.41) is 10.5. The van der Waals surface area contributed by atoms with Crippen molar-refractivity contribution in [3.8, 4) is 11.3 Å². The molecule has 1 saturated heterocycles. The Morgan fingerprint density at radius 2 is 2.24 bits per heavy atom. The fourth-order valence-electron chi connectivity index (χ4n) is 3.12. The minimum Gasteiger partial charge on any atom is -0.365 e. The van der Waals surface area contributed by atoms with Gasteiger partial charge in [-0.15, -0.1) is 0 Å². The summed E-state index contributed by atoms with van der Waals surface area (Å²) in [6.45, 7) is 1.41. The molecule has 0 radical (unpaired) electrons. The van der Waals surface area contributed by atoms with Gasteiger partial charge in [0.05, 0.1) is 24.0 Å². The van der Waals surface area contributed by atoms with Gasteiger partial charge in [0.1, 0.15) is 11.2 Å². The average molecular weight is 341 g/mol. The molecule has 2 N–H and O–H groups in total. The second-order valence-corrected chi connectivity index (χ2v) is 6.47. The molecular weight excluding hydrogens is 321 g/mol. The number of fused-ring (bicyclic) bond motifs is 1. The largest absolute Gasteiger partial charge is 0.365 e. The number of halogens is 1. The average Bonchev–Trinajstić information content (AvgIpc) is 3.07. The maximum atomic E-state index is 14.9. The van der Waals surface area contributed by atoms with E-state index in [0.29, 0.717) is 29.8 Å². The third-order valence-corrected chi connectivity index (χ3v) is 4.45. The molecule has 0 aromatic carbocycles. The fourth-order valence-corrected chi connectivity index (χ4v) is 3.12. The Hall–Kier alpha value is -2.61. The van der Waals surface area contributed by atoms with Crippen LogP contribution in [0.5, 0.6) is 0 Å². The Morgan fingerprint density at radius 1 is 1.36 bits per heavy atom. The molecule has 25 heavy (non-hydrogen) atoms. The summed E-state index contributed by atoms with van der Waals surface area (Å²) in [4.78, 5) is 13.4. The highest BCUT2D eigenvalue weighted by molar-refractivity contribution is 5.88. The van der Waals surface area contributed by atoms with E-state index < -0.39 is 5.67 Å². The zero-order valence-corrected chi connectivity index (χ0v) is 14.0. The second kappa shape index (κ2) is 6.36. The van der Waals surface area contributed by atoms with Crippen LogP contribution in [-0.2, 0) is 7.05 Å². The van der Waals surface area contributed by atoms with Crippen molar-refractivity contribution in [2.24, 2.45) is 7.05 Å². The van der Waals surface area contributed by atoms with Gasteiger partial charge in [0.2, 0.25) is 0 Å². The minimum absolute atomic E-state index is 0.190. The van der Waals surface area contributed by atoms with Crippen LogP contribution in [0.2, 0.25) is 0 Å². The number of hydrogen-bond acceptors (Lipinski definition) is 6. The minimum atomic E-state index is -1.28. The van der Waals surface area contributed by atoms with Crippen LogP contribution in [-0.4, -0.2) is 50.0 Å². The van der Waals surface area contributed by atoms with Crippen LogP contribution >= 0.6 is 0 Å². The number of nitrogens with zero attached hydrogens (tertiary/aromatic N) is 5. The third-order valence-electron chi connectivity index (χ3n) is 4.45. The number of hydrogen-bond donors (Lipinski definition) is 2. The zero-order valence-electron chi connectivity index (χ0n) is 14.0. The third kappa shape index (κ3) is 3.30. The molecule has 1 atom stereocenters. The highest BCUT2D eigenvalue weighted by atomic mass is 19.1. The lowest BCUT2D eigenvalue weighted by Gasteiger charge is -2.30. The van der Waals surface area contributed by atoms with E-state index >= 15 is 0 Å². The second-order valence-electron chi connectivity index (χ2n) is 6.47. The van der Waals surface area contributed by atoms with E-state index in [1.165, 1.54) is 0 Å². The van der Waals surface area contributed by atoms with E-state index in [1.807, 2.05) is 19.3 Å². The van der Waals surface area contributed by atoms with Crippen molar-refractivity contribution in [1.29, 1.82) is 0 Å². The first-order chi connectivity index (χ1) is 12.1. The number of piperidine rings is 1. The molecule has 1 aliphatic rings. The van der Waals surface area contributed by atoms with Crippen molar-refractivity contribution in [3.63, 3.8) is 0 Å². The standard InChI is InChI=1S/C17H20FN7/c1-25-9-12(8-23-25)13-7-14-15(21-6-5-20-14)16(24-13)22-11-17(18)3-2-4-19-10-17/h5-9,19H,2-4,10-11H2,1H3,(H,22,24)/t17-/m0/s1. The van der Waals surface area contributed by atoms with Gasteiger partial charge >= 0.3 is 0 Å². The number of anilines is 1. The smallest absolute Gasteiger partial charge is 0.155 e. The summed E-state index contributed by atoms with van der Waals surface area (Å²) in [6, 6.07) is 1.87.